The van der Waals surface area contributed by atoms with E-state index in [1.807, 2.05) is 6.92 Å². The molecule has 7 nitrogen and oxygen atoms in total. The van der Waals surface area contributed by atoms with Crippen LogP contribution in [0.1, 0.15) is 44.1 Å². The van der Waals surface area contributed by atoms with E-state index >= 15 is 0 Å². The molecule has 0 aromatic heterocycles. The van der Waals surface area contributed by atoms with E-state index in [1.165, 1.54) is 0 Å². The minimum atomic E-state index is -3.72. The second kappa shape index (κ2) is 7.94. The van der Waals surface area contributed by atoms with Crippen LogP contribution in [0.2, 0.25) is 0 Å². The monoisotopic (exact) mass is 405 g/mol. The molecule has 0 saturated carbocycles. The summed E-state index contributed by atoms with van der Waals surface area (Å²) >= 11 is 0. The second-order valence-electron chi connectivity index (χ2n) is 7.77. The van der Waals surface area contributed by atoms with Crippen LogP contribution in [-0.2, 0) is 19.6 Å². The van der Waals surface area contributed by atoms with E-state index in [9.17, 15) is 13.2 Å². The summed E-state index contributed by atoms with van der Waals surface area (Å²) in [4.78, 5) is 17.4. The molecule has 0 spiro atoms. The molecule has 2 heterocycles. The van der Waals surface area contributed by atoms with Crippen molar-refractivity contribution in [3.05, 3.63) is 41.0 Å². The smallest absolute Gasteiger partial charge is 0.253 e. The fraction of sp³-hybridized carbons (Fsp3) is 0.550. The van der Waals surface area contributed by atoms with E-state index in [2.05, 4.69) is 10.3 Å². The molecule has 1 aliphatic carbocycles. The average Bonchev–Trinajstić information content (AvgIpc) is 3.29. The van der Waals surface area contributed by atoms with Gasteiger partial charge in [0.1, 0.15) is 6.17 Å². The fourth-order valence-electron chi connectivity index (χ4n) is 4.22. The van der Waals surface area contributed by atoms with Crippen molar-refractivity contribution in [2.24, 2.45) is 0 Å². The van der Waals surface area contributed by atoms with Crippen molar-refractivity contribution in [3.8, 4) is 0 Å². The van der Waals surface area contributed by atoms with E-state index in [0.717, 1.165) is 61.8 Å². The largest absolute Gasteiger partial charge is 0.376 e. The summed E-state index contributed by atoms with van der Waals surface area (Å²) in [7, 11) is -3.72. The van der Waals surface area contributed by atoms with E-state index in [-0.39, 0.29) is 16.9 Å². The number of nitrogens with zero attached hydrogens (tertiary/aromatic N) is 1. The number of sulfonamides is 1. The minimum Gasteiger partial charge on any atom is -0.376 e. The number of amides is 1. The number of hydrazine groups is 1. The minimum absolute atomic E-state index is 0.0113. The maximum Gasteiger partial charge on any atom is 0.253 e. The molecule has 1 aromatic rings. The summed E-state index contributed by atoms with van der Waals surface area (Å²) in [5, 5.41) is 0. The first kappa shape index (κ1) is 19.6. The van der Waals surface area contributed by atoms with Crippen LogP contribution in [0, 0.1) is 6.92 Å². The lowest BCUT2D eigenvalue weighted by Crippen LogP contribution is -2.54. The van der Waals surface area contributed by atoms with E-state index in [1.54, 1.807) is 29.2 Å². The molecule has 28 heavy (non-hydrogen) atoms. The van der Waals surface area contributed by atoms with Crippen molar-refractivity contribution in [2.75, 3.05) is 13.2 Å². The molecule has 0 radical (unpaired) electrons. The highest BCUT2D eigenvalue weighted by Gasteiger charge is 2.41. The van der Waals surface area contributed by atoms with Crippen molar-refractivity contribution in [2.45, 2.75) is 62.6 Å². The lowest BCUT2D eigenvalue weighted by atomic mass is 9.92. The second-order valence-corrected chi connectivity index (χ2v) is 9.45. The Hall–Kier alpha value is -1.74. The van der Waals surface area contributed by atoms with Gasteiger partial charge in [0.2, 0.25) is 0 Å². The highest BCUT2D eigenvalue weighted by atomic mass is 32.2. The maximum atomic E-state index is 13.0. The van der Waals surface area contributed by atoms with Crippen LogP contribution in [0.15, 0.2) is 40.3 Å². The van der Waals surface area contributed by atoms with Gasteiger partial charge in [-0.3, -0.25) is 4.79 Å². The van der Waals surface area contributed by atoms with Crippen LogP contribution >= 0.6 is 0 Å². The summed E-state index contributed by atoms with van der Waals surface area (Å²) in [5.41, 5.74) is 5.79. The zero-order valence-corrected chi connectivity index (χ0v) is 16.9. The van der Waals surface area contributed by atoms with Gasteiger partial charge in [-0.05, 0) is 63.2 Å². The van der Waals surface area contributed by atoms with Gasteiger partial charge in [0, 0.05) is 18.7 Å². The number of carbonyl (C=O) groups is 1. The Morgan fingerprint density at radius 2 is 1.89 bits per heavy atom. The Labute approximate surface area is 166 Å². The summed E-state index contributed by atoms with van der Waals surface area (Å²) < 4.78 is 31.1. The van der Waals surface area contributed by atoms with Crippen molar-refractivity contribution < 1.29 is 17.9 Å². The van der Waals surface area contributed by atoms with Crippen molar-refractivity contribution in [1.29, 1.82) is 0 Å². The third-order valence-corrected chi connectivity index (χ3v) is 7.04. The van der Waals surface area contributed by atoms with Gasteiger partial charge >= 0.3 is 0 Å². The lowest BCUT2D eigenvalue weighted by molar-refractivity contribution is -0.129. The van der Waals surface area contributed by atoms with Gasteiger partial charge in [0.15, 0.2) is 0 Å². The summed E-state index contributed by atoms with van der Waals surface area (Å²) in [6.07, 6.45) is 5.08. The van der Waals surface area contributed by atoms with E-state index in [0.29, 0.717) is 6.54 Å². The summed E-state index contributed by atoms with van der Waals surface area (Å²) in [5.74, 6) is 0.0113. The first-order valence-electron chi connectivity index (χ1n) is 9.94. The number of benzene rings is 1. The number of ether oxygens (including phenoxy) is 1. The maximum absolute atomic E-state index is 13.0. The molecular formula is C20H27N3O4S. The van der Waals surface area contributed by atoms with Gasteiger partial charge < -0.3 is 9.64 Å². The van der Waals surface area contributed by atoms with Crippen LogP contribution in [0.5, 0.6) is 0 Å². The molecule has 1 fully saturated rings. The highest BCUT2D eigenvalue weighted by Crippen LogP contribution is 2.36. The predicted octanol–water partition coefficient (Wildman–Crippen LogP) is 2.00. The van der Waals surface area contributed by atoms with Crippen molar-refractivity contribution in [1.82, 2.24) is 15.2 Å². The molecule has 2 N–H and O–H groups in total. The summed E-state index contributed by atoms with van der Waals surface area (Å²) in [6, 6.07) is 6.68. The van der Waals surface area contributed by atoms with E-state index in [4.69, 9.17) is 4.74 Å². The number of nitrogens with one attached hydrogen (secondary N) is 2. The number of aryl methyl sites for hydroxylation is 1. The molecule has 2 atom stereocenters. The lowest BCUT2D eigenvalue weighted by Gasteiger charge is -2.30. The Bertz CT molecular complexity index is 873. The normalized spacial score (nSPS) is 25.5. The van der Waals surface area contributed by atoms with Crippen LogP contribution in [0.25, 0.3) is 0 Å². The first-order valence-corrected chi connectivity index (χ1v) is 11.4. The average molecular weight is 406 g/mol. The standard InChI is InChI=1S/C20H27N3O4S/c1-14-8-10-16(11-9-14)28(25,26)22-21-19-17-6-2-3-7-18(17)20(24)23(19)13-15-5-4-12-27-15/h8-11,15,19,21-22H,2-7,12-13H2,1H3. The van der Waals surface area contributed by atoms with Crippen LogP contribution in [-0.4, -0.2) is 44.6 Å². The third-order valence-electron chi connectivity index (χ3n) is 5.76. The predicted molar refractivity (Wildman–Crippen MR) is 105 cm³/mol. The van der Waals surface area contributed by atoms with Crippen LogP contribution < -0.4 is 10.3 Å². The molecule has 1 amide bonds. The van der Waals surface area contributed by atoms with Gasteiger partial charge in [-0.25, -0.2) is 13.8 Å². The molecule has 8 heteroatoms. The van der Waals surface area contributed by atoms with Gasteiger partial charge in [-0.15, -0.1) is 4.83 Å². The van der Waals surface area contributed by atoms with Crippen molar-refractivity contribution in [3.63, 3.8) is 0 Å². The zero-order valence-electron chi connectivity index (χ0n) is 16.1. The molecule has 1 aromatic carbocycles. The fourth-order valence-corrected chi connectivity index (χ4v) is 5.10. The Morgan fingerprint density at radius 3 is 2.61 bits per heavy atom. The molecule has 3 aliphatic rings. The SMILES string of the molecule is Cc1ccc(S(=O)(=O)NNC2C3=C(CCCC3)C(=O)N2CC2CCCO2)cc1. The quantitative estimate of drug-likeness (QED) is 0.707. The van der Waals surface area contributed by atoms with Gasteiger partial charge in [-0.2, -0.15) is 0 Å². The molecule has 2 aliphatic heterocycles. The molecule has 1 saturated heterocycles. The Balaban J connectivity index is 1.53. The molecule has 0 bridgehead atoms. The number of hydrogen-bond acceptors (Lipinski definition) is 5. The Morgan fingerprint density at radius 1 is 1.14 bits per heavy atom. The molecule has 4 rings (SSSR count). The van der Waals surface area contributed by atoms with Gasteiger partial charge in [0.25, 0.3) is 15.9 Å². The van der Waals surface area contributed by atoms with Crippen LogP contribution in [0.3, 0.4) is 0 Å². The first-order chi connectivity index (χ1) is 13.5. The molecular weight excluding hydrogens is 378 g/mol. The van der Waals surface area contributed by atoms with Gasteiger partial charge in [-0.1, -0.05) is 17.7 Å². The highest BCUT2D eigenvalue weighted by molar-refractivity contribution is 7.89. The molecule has 2 unspecified atom stereocenters. The number of hydrogen-bond donors (Lipinski definition) is 2. The zero-order chi connectivity index (χ0) is 19.7. The molecule has 152 valence electrons. The summed E-state index contributed by atoms with van der Waals surface area (Å²) in [6.45, 7) is 3.11. The Kier molecular flexibility index (Phi) is 5.55. The van der Waals surface area contributed by atoms with Crippen LogP contribution in [0.4, 0.5) is 0 Å². The van der Waals surface area contributed by atoms with E-state index < -0.39 is 16.2 Å². The topological polar surface area (TPSA) is 87.7 Å². The van der Waals surface area contributed by atoms with Crippen molar-refractivity contribution >= 4 is 15.9 Å². The third kappa shape index (κ3) is 3.87. The van der Waals surface area contributed by atoms with Gasteiger partial charge in [0.05, 0.1) is 11.0 Å². The number of rotatable bonds is 6. The number of carbonyl (C=O) groups excluding carboxylic acids is 1.